The molecule has 3 aromatic rings. The van der Waals surface area contributed by atoms with E-state index in [0.29, 0.717) is 5.82 Å². The Kier molecular flexibility index (Phi) is 5.20. The molecular weight excluding hydrogens is 394 g/mol. The first-order valence-corrected chi connectivity index (χ1v) is 11.5. The molecule has 1 heterocycles. The number of benzene rings is 2. The van der Waals surface area contributed by atoms with E-state index in [2.05, 4.69) is 65.9 Å². The van der Waals surface area contributed by atoms with Crippen LogP contribution in [0.25, 0.3) is 28.1 Å². The summed E-state index contributed by atoms with van der Waals surface area (Å²) in [6.45, 7) is 4.18. The summed E-state index contributed by atoms with van der Waals surface area (Å²) in [5.41, 5.74) is 7.80. The molecule has 6 heteroatoms. The molecule has 0 N–H and O–H groups in total. The molecule has 0 aliphatic heterocycles. The summed E-state index contributed by atoms with van der Waals surface area (Å²) < 4.78 is 25.4. The van der Waals surface area contributed by atoms with E-state index in [1.807, 2.05) is 19.1 Å². The van der Waals surface area contributed by atoms with Crippen LogP contribution in [-0.4, -0.2) is 23.2 Å². The summed E-state index contributed by atoms with van der Waals surface area (Å²) in [6.07, 6.45) is 11.7. The third-order valence-corrected chi connectivity index (χ3v) is 6.34. The van der Waals surface area contributed by atoms with Crippen molar-refractivity contribution in [3.05, 3.63) is 77.6 Å². The molecular formula is C24H24N3O2S. The highest BCUT2D eigenvalue weighted by molar-refractivity contribution is 7.92. The molecule has 5 nitrogen and oxygen atoms in total. The van der Waals surface area contributed by atoms with Gasteiger partial charge in [-0.2, -0.15) is 0 Å². The molecule has 0 spiro atoms. The lowest BCUT2D eigenvalue weighted by molar-refractivity contribution is 0.587. The van der Waals surface area contributed by atoms with Crippen LogP contribution in [0, 0.1) is 20.1 Å². The zero-order chi connectivity index (χ0) is 21.5. The number of aromatic nitrogens is 3. The van der Waals surface area contributed by atoms with Gasteiger partial charge in [0.25, 0.3) is 0 Å². The zero-order valence-electron chi connectivity index (χ0n) is 17.4. The van der Waals surface area contributed by atoms with Gasteiger partial charge in [0.05, 0.1) is 6.26 Å². The summed E-state index contributed by atoms with van der Waals surface area (Å²) in [5, 5.41) is 7.95. The molecule has 30 heavy (non-hydrogen) atoms. The molecule has 2 aromatic carbocycles. The molecule has 0 amide bonds. The Hall–Kier alpha value is -2.99. The minimum Gasteiger partial charge on any atom is -0.301 e. The molecule has 1 aromatic heterocycles. The van der Waals surface area contributed by atoms with Crippen LogP contribution in [0.15, 0.2) is 59.8 Å². The molecule has 153 valence electrons. The van der Waals surface area contributed by atoms with Gasteiger partial charge < -0.3 is 4.57 Å². The van der Waals surface area contributed by atoms with Gasteiger partial charge in [-0.15, -0.1) is 10.2 Å². The third kappa shape index (κ3) is 3.63. The van der Waals surface area contributed by atoms with Crippen LogP contribution < -0.4 is 0 Å². The van der Waals surface area contributed by atoms with E-state index in [-0.39, 0.29) is 5.16 Å². The Labute approximate surface area is 177 Å². The maximum absolute atomic E-state index is 12.0. The lowest BCUT2D eigenvalue weighted by Crippen LogP contribution is -2.05. The lowest BCUT2D eigenvalue weighted by Gasteiger charge is -2.19. The van der Waals surface area contributed by atoms with Gasteiger partial charge in [-0.1, -0.05) is 60.2 Å². The standard InChI is InChI=1S/C24H24N3O2S/c1-16-13-14-20(23-25-26-24(27(23)3)30(4,28)29)21(15-16)19-12-8-9-17(2)22(19)18-10-6-5-7-11-18/h5-6,8-10,12-15H,4,7,11H2,1-3H3. The van der Waals surface area contributed by atoms with Crippen LogP contribution in [0.4, 0.5) is 0 Å². The fourth-order valence-electron chi connectivity index (χ4n) is 4.03. The highest BCUT2D eigenvalue weighted by atomic mass is 32.2. The van der Waals surface area contributed by atoms with Gasteiger partial charge in [0.1, 0.15) is 0 Å². The average molecular weight is 419 g/mol. The number of hydrogen-bond acceptors (Lipinski definition) is 4. The number of aryl methyl sites for hydroxylation is 2. The fraction of sp³-hybridized carbons (Fsp3) is 0.208. The van der Waals surface area contributed by atoms with Gasteiger partial charge in [0, 0.05) is 12.6 Å². The van der Waals surface area contributed by atoms with Gasteiger partial charge in [-0.3, -0.25) is 0 Å². The topological polar surface area (TPSA) is 64.8 Å². The molecule has 4 rings (SSSR count). The second-order valence-electron chi connectivity index (χ2n) is 7.69. The van der Waals surface area contributed by atoms with Crippen LogP contribution in [0.5, 0.6) is 0 Å². The van der Waals surface area contributed by atoms with Crippen molar-refractivity contribution in [1.29, 1.82) is 0 Å². The largest absolute Gasteiger partial charge is 0.301 e. The normalized spacial score (nSPS) is 14.1. The first kappa shape index (κ1) is 20.3. The minimum atomic E-state index is -3.72. The molecule has 0 saturated carbocycles. The SMILES string of the molecule is [CH2]S(=O)(=O)c1nnc(-c2ccc(C)cc2-c2cccc(C)c2C2=CC=CCC2)n1C. The summed E-state index contributed by atoms with van der Waals surface area (Å²) in [4.78, 5) is 0. The van der Waals surface area contributed by atoms with E-state index in [0.717, 1.165) is 35.1 Å². The van der Waals surface area contributed by atoms with Crippen LogP contribution in [0.1, 0.15) is 29.5 Å². The van der Waals surface area contributed by atoms with Crippen molar-refractivity contribution >= 4 is 15.4 Å². The smallest absolute Gasteiger partial charge is 0.249 e. The Morgan fingerprint density at radius 3 is 2.50 bits per heavy atom. The predicted molar refractivity (Wildman–Crippen MR) is 120 cm³/mol. The van der Waals surface area contributed by atoms with Crippen molar-refractivity contribution in [2.75, 3.05) is 0 Å². The quantitative estimate of drug-likeness (QED) is 0.594. The van der Waals surface area contributed by atoms with Gasteiger partial charge in [0.15, 0.2) is 5.82 Å². The number of allylic oxidation sites excluding steroid dienone is 4. The van der Waals surface area contributed by atoms with Gasteiger partial charge in [0.2, 0.25) is 15.0 Å². The van der Waals surface area contributed by atoms with Crippen molar-refractivity contribution in [3.8, 4) is 22.5 Å². The van der Waals surface area contributed by atoms with Crippen molar-refractivity contribution in [3.63, 3.8) is 0 Å². The maximum Gasteiger partial charge on any atom is 0.249 e. The van der Waals surface area contributed by atoms with E-state index in [9.17, 15) is 8.42 Å². The van der Waals surface area contributed by atoms with Crippen molar-refractivity contribution in [1.82, 2.24) is 14.8 Å². The maximum atomic E-state index is 12.0. The first-order chi connectivity index (χ1) is 14.3. The van der Waals surface area contributed by atoms with Crippen molar-refractivity contribution < 1.29 is 8.42 Å². The molecule has 0 saturated heterocycles. The molecule has 0 unspecified atom stereocenters. The number of rotatable bonds is 4. The summed E-state index contributed by atoms with van der Waals surface area (Å²) in [7, 11) is -2.06. The molecule has 0 atom stereocenters. The zero-order valence-corrected chi connectivity index (χ0v) is 18.2. The molecule has 0 bridgehead atoms. The second kappa shape index (κ2) is 7.69. The second-order valence-corrected chi connectivity index (χ2v) is 9.28. The highest BCUT2D eigenvalue weighted by Crippen LogP contribution is 2.39. The summed E-state index contributed by atoms with van der Waals surface area (Å²) in [5.74, 6) is 0.497. The Morgan fingerprint density at radius 2 is 1.83 bits per heavy atom. The monoisotopic (exact) mass is 418 g/mol. The molecule has 1 radical (unpaired) electrons. The van der Waals surface area contributed by atoms with E-state index in [1.165, 1.54) is 21.3 Å². The Morgan fingerprint density at radius 1 is 1.03 bits per heavy atom. The number of sulfone groups is 1. The summed E-state index contributed by atoms with van der Waals surface area (Å²) in [6, 6.07) is 12.4. The van der Waals surface area contributed by atoms with Crippen LogP contribution >= 0.6 is 0 Å². The van der Waals surface area contributed by atoms with Crippen molar-refractivity contribution in [2.45, 2.75) is 31.8 Å². The molecule has 1 aliphatic rings. The van der Waals surface area contributed by atoms with Crippen molar-refractivity contribution in [2.24, 2.45) is 7.05 Å². The van der Waals surface area contributed by atoms with Gasteiger partial charge in [-0.25, -0.2) is 8.42 Å². The molecule has 1 aliphatic carbocycles. The number of nitrogens with zero attached hydrogens (tertiary/aromatic N) is 3. The van der Waals surface area contributed by atoms with Crippen LogP contribution in [0.3, 0.4) is 0 Å². The van der Waals surface area contributed by atoms with E-state index < -0.39 is 9.84 Å². The average Bonchev–Trinajstić information content (AvgIpc) is 3.10. The van der Waals surface area contributed by atoms with Crippen LogP contribution in [-0.2, 0) is 16.9 Å². The van der Waals surface area contributed by atoms with E-state index >= 15 is 0 Å². The van der Waals surface area contributed by atoms with Gasteiger partial charge in [-0.05, 0) is 54.5 Å². The fourth-order valence-corrected chi connectivity index (χ4v) is 4.69. The summed E-state index contributed by atoms with van der Waals surface area (Å²) >= 11 is 0. The highest BCUT2D eigenvalue weighted by Gasteiger charge is 2.22. The van der Waals surface area contributed by atoms with Gasteiger partial charge >= 0.3 is 0 Å². The molecule has 0 fully saturated rings. The minimum absolute atomic E-state index is 0.145. The predicted octanol–water partition coefficient (Wildman–Crippen LogP) is 5.06. The number of hydrogen-bond donors (Lipinski definition) is 0. The third-order valence-electron chi connectivity index (χ3n) is 5.43. The van der Waals surface area contributed by atoms with E-state index in [4.69, 9.17) is 0 Å². The first-order valence-electron chi connectivity index (χ1n) is 9.82. The lowest BCUT2D eigenvalue weighted by atomic mass is 9.85. The Bertz CT molecular complexity index is 1300. The Balaban J connectivity index is 1.99. The van der Waals surface area contributed by atoms with E-state index in [1.54, 1.807) is 7.05 Å². The van der Waals surface area contributed by atoms with Crippen LogP contribution in [0.2, 0.25) is 0 Å².